The van der Waals surface area contributed by atoms with Gasteiger partial charge in [-0.2, -0.15) is 0 Å². The molecule has 0 saturated carbocycles. The smallest absolute Gasteiger partial charge is 0.276 e. The molecule has 2 amide bonds. The Balaban J connectivity index is 1.57. The Labute approximate surface area is 176 Å². The lowest BCUT2D eigenvalue weighted by Crippen LogP contribution is -2.40. The lowest BCUT2D eigenvalue weighted by atomic mass is 9.94. The van der Waals surface area contributed by atoms with Gasteiger partial charge in [0, 0.05) is 16.9 Å². The van der Waals surface area contributed by atoms with E-state index in [2.05, 4.69) is 32.1 Å². The largest absolute Gasteiger partial charge is 0.497 e. The third-order valence-electron chi connectivity index (χ3n) is 4.25. The number of hydrogen-bond acceptors (Lipinski definition) is 6. The fraction of sp³-hybridized carbons (Fsp3) is 0.200. The number of rotatable bonds is 7. The van der Waals surface area contributed by atoms with Crippen LogP contribution < -0.4 is 25.6 Å². The minimum atomic E-state index is -1.82. The Bertz CT molecular complexity index is 978. The predicted molar refractivity (Wildman–Crippen MR) is 110 cm³/mol. The third-order valence-corrected chi connectivity index (χ3v) is 4.87. The van der Waals surface area contributed by atoms with E-state index >= 15 is 0 Å². The van der Waals surface area contributed by atoms with E-state index in [4.69, 9.17) is 9.47 Å². The highest BCUT2D eigenvalue weighted by atomic mass is 79.9. The summed E-state index contributed by atoms with van der Waals surface area (Å²) in [6, 6.07) is 12.0. The maximum Gasteiger partial charge on any atom is 0.276 e. The molecular formula is C20H20BrN3O5. The van der Waals surface area contributed by atoms with Crippen molar-refractivity contribution in [2.75, 3.05) is 19.0 Å². The van der Waals surface area contributed by atoms with Crippen LogP contribution in [0.2, 0.25) is 0 Å². The number of allylic oxidation sites excluding steroid dienone is 1. The van der Waals surface area contributed by atoms with E-state index in [-0.39, 0.29) is 6.61 Å². The fourth-order valence-electron chi connectivity index (χ4n) is 2.83. The van der Waals surface area contributed by atoms with Crippen molar-refractivity contribution in [2.45, 2.75) is 12.5 Å². The molecule has 0 bridgehead atoms. The van der Waals surface area contributed by atoms with Gasteiger partial charge < -0.3 is 25.3 Å². The molecule has 8 nitrogen and oxygen atoms in total. The van der Waals surface area contributed by atoms with E-state index in [0.717, 1.165) is 0 Å². The predicted octanol–water partition coefficient (Wildman–Crippen LogP) is 2.20. The van der Waals surface area contributed by atoms with E-state index in [9.17, 15) is 14.7 Å². The number of amides is 2. The van der Waals surface area contributed by atoms with Gasteiger partial charge in [0.2, 0.25) is 0 Å². The van der Waals surface area contributed by atoms with E-state index in [1.807, 2.05) is 0 Å². The van der Waals surface area contributed by atoms with Crippen LogP contribution in [-0.4, -0.2) is 30.6 Å². The quantitative estimate of drug-likeness (QED) is 0.470. The van der Waals surface area contributed by atoms with Crippen LogP contribution in [0.1, 0.15) is 12.5 Å². The SMILES string of the molecule is COc1ccc(OCC(=O)NNC(C)=C[C@]2(O)C(=O)Nc3ccccc32)c(Br)c1. The van der Waals surface area contributed by atoms with Crippen molar-refractivity contribution in [3.8, 4) is 11.5 Å². The zero-order valence-corrected chi connectivity index (χ0v) is 17.4. The first-order valence-corrected chi connectivity index (χ1v) is 9.47. The molecule has 1 heterocycles. The van der Waals surface area contributed by atoms with Crippen molar-refractivity contribution in [1.29, 1.82) is 0 Å². The Kier molecular flexibility index (Phi) is 6.09. The van der Waals surface area contributed by atoms with Gasteiger partial charge in [0.1, 0.15) is 11.5 Å². The minimum absolute atomic E-state index is 0.237. The molecule has 152 valence electrons. The monoisotopic (exact) mass is 461 g/mol. The summed E-state index contributed by atoms with van der Waals surface area (Å²) in [7, 11) is 1.56. The summed E-state index contributed by atoms with van der Waals surface area (Å²) < 4.78 is 11.2. The molecule has 0 saturated heterocycles. The lowest BCUT2D eigenvalue weighted by Gasteiger charge is -2.18. The first kappa shape index (κ1) is 20.7. The fourth-order valence-corrected chi connectivity index (χ4v) is 3.30. The zero-order chi connectivity index (χ0) is 21.0. The van der Waals surface area contributed by atoms with Crippen molar-refractivity contribution < 1.29 is 24.2 Å². The number of methoxy groups -OCH3 is 1. The zero-order valence-electron chi connectivity index (χ0n) is 15.8. The molecule has 2 aromatic carbocycles. The number of carbonyl (C=O) groups is 2. The van der Waals surface area contributed by atoms with E-state index in [1.54, 1.807) is 56.5 Å². The van der Waals surface area contributed by atoms with Gasteiger partial charge in [-0.05, 0) is 53.2 Å². The van der Waals surface area contributed by atoms with Gasteiger partial charge in [0.05, 0.1) is 11.6 Å². The summed E-state index contributed by atoms with van der Waals surface area (Å²) in [5.41, 5.74) is 4.69. The average molecular weight is 462 g/mol. The van der Waals surface area contributed by atoms with Gasteiger partial charge in [-0.1, -0.05) is 18.2 Å². The van der Waals surface area contributed by atoms with E-state index in [0.29, 0.717) is 32.9 Å². The number of halogens is 1. The Morgan fingerprint density at radius 1 is 1.28 bits per heavy atom. The number of hydrazine groups is 1. The molecule has 0 radical (unpaired) electrons. The maximum absolute atomic E-state index is 12.2. The van der Waals surface area contributed by atoms with Crippen molar-refractivity contribution in [2.24, 2.45) is 0 Å². The van der Waals surface area contributed by atoms with Gasteiger partial charge in [-0.3, -0.25) is 15.0 Å². The highest BCUT2D eigenvalue weighted by Gasteiger charge is 2.43. The highest BCUT2D eigenvalue weighted by molar-refractivity contribution is 9.10. The van der Waals surface area contributed by atoms with Crippen molar-refractivity contribution in [3.63, 3.8) is 0 Å². The third kappa shape index (κ3) is 4.52. The molecule has 4 N–H and O–H groups in total. The van der Waals surface area contributed by atoms with Crippen LogP contribution in [-0.2, 0) is 15.2 Å². The second kappa shape index (κ2) is 8.54. The molecule has 9 heteroatoms. The number of ether oxygens (including phenoxy) is 2. The first-order valence-electron chi connectivity index (χ1n) is 8.67. The molecule has 0 unspecified atom stereocenters. The van der Waals surface area contributed by atoms with Gasteiger partial charge in [0.15, 0.2) is 12.2 Å². The van der Waals surface area contributed by atoms with Gasteiger partial charge in [-0.15, -0.1) is 0 Å². The maximum atomic E-state index is 12.2. The van der Waals surface area contributed by atoms with Crippen LogP contribution in [0.25, 0.3) is 0 Å². The number of fused-ring (bicyclic) bond motifs is 1. The second-order valence-electron chi connectivity index (χ2n) is 6.35. The molecule has 0 spiro atoms. The van der Waals surface area contributed by atoms with Crippen molar-refractivity contribution in [1.82, 2.24) is 10.9 Å². The molecule has 0 aromatic heterocycles. The average Bonchev–Trinajstić information content (AvgIpc) is 2.95. The van der Waals surface area contributed by atoms with Crippen LogP contribution in [0.4, 0.5) is 5.69 Å². The molecule has 0 aliphatic carbocycles. The van der Waals surface area contributed by atoms with E-state index < -0.39 is 17.4 Å². The standard InChI is InChI=1S/C20H20BrN3O5/c1-12(10-20(27)14-5-3-4-6-16(14)22-19(20)26)23-24-18(25)11-29-17-8-7-13(28-2)9-15(17)21/h3-10,23,27H,11H2,1-2H3,(H,22,26)(H,24,25)/t20-/m1/s1. The van der Waals surface area contributed by atoms with Crippen molar-refractivity contribution in [3.05, 3.63) is 64.3 Å². The number of aliphatic hydroxyl groups is 1. The number of carbonyl (C=O) groups excluding carboxylic acids is 2. The summed E-state index contributed by atoms with van der Waals surface area (Å²) in [6.45, 7) is 1.38. The van der Waals surface area contributed by atoms with Crippen LogP contribution in [0.5, 0.6) is 11.5 Å². The molecule has 0 fully saturated rings. The topological polar surface area (TPSA) is 109 Å². The van der Waals surface area contributed by atoms with E-state index in [1.165, 1.54) is 6.08 Å². The van der Waals surface area contributed by atoms with Crippen LogP contribution in [0, 0.1) is 0 Å². The Morgan fingerprint density at radius 2 is 2.03 bits per heavy atom. The Hall–Kier alpha value is -3.04. The first-order chi connectivity index (χ1) is 13.8. The van der Waals surface area contributed by atoms with Crippen LogP contribution >= 0.6 is 15.9 Å². The summed E-state index contributed by atoms with van der Waals surface area (Å²) in [5.74, 6) is 0.149. The van der Waals surface area contributed by atoms with Crippen LogP contribution in [0.3, 0.4) is 0 Å². The Morgan fingerprint density at radius 3 is 2.76 bits per heavy atom. The van der Waals surface area contributed by atoms with Gasteiger partial charge in [0.25, 0.3) is 11.8 Å². The lowest BCUT2D eigenvalue weighted by molar-refractivity contribution is -0.129. The van der Waals surface area contributed by atoms with Crippen LogP contribution in [0.15, 0.2) is 58.7 Å². The minimum Gasteiger partial charge on any atom is -0.497 e. The van der Waals surface area contributed by atoms with Crippen molar-refractivity contribution >= 4 is 33.4 Å². The molecule has 3 rings (SSSR count). The molecule has 1 aliphatic heterocycles. The molecule has 29 heavy (non-hydrogen) atoms. The normalized spacial score (nSPS) is 17.9. The van der Waals surface area contributed by atoms with Gasteiger partial charge >= 0.3 is 0 Å². The summed E-state index contributed by atoms with van der Waals surface area (Å²) in [5, 5.41) is 13.4. The number of anilines is 1. The summed E-state index contributed by atoms with van der Waals surface area (Å²) >= 11 is 3.35. The summed E-state index contributed by atoms with van der Waals surface area (Å²) in [4.78, 5) is 24.2. The molecule has 2 aromatic rings. The highest BCUT2D eigenvalue weighted by Crippen LogP contribution is 2.37. The molecule has 1 atom stereocenters. The van der Waals surface area contributed by atoms with Gasteiger partial charge in [-0.25, -0.2) is 0 Å². The molecule has 1 aliphatic rings. The summed E-state index contributed by atoms with van der Waals surface area (Å²) in [6.07, 6.45) is 1.34. The number of benzene rings is 2. The molecular weight excluding hydrogens is 442 g/mol. The number of hydrogen-bond donors (Lipinski definition) is 4. The second-order valence-corrected chi connectivity index (χ2v) is 7.21. The number of para-hydroxylation sites is 1. The number of nitrogens with one attached hydrogen (secondary N) is 3.